The van der Waals surface area contributed by atoms with Crippen molar-refractivity contribution >= 4 is 17.0 Å². The number of aliphatic hydroxyl groups excluding tert-OH is 1. The molecule has 0 unspecified atom stereocenters. The van der Waals surface area contributed by atoms with Crippen molar-refractivity contribution in [1.29, 1.82) is 0 Å². The van der Waals surface area contributed by atoms with Gasteiger partial charge in [-0.1, -0.05) is 12.7 Å². The van der Waals surface area contributed by atoms with Gasteiger partial charge < -0.3 is 24.9 Å². The van der Waals surface area contributed by atoms with E-state index in [1.807, 2.05) is 24.4 Å². The number of rotatable bonds is 7. The maximum atomic E-state index is 11.9. The Morgan fingerprint density at radius 1 is 1.44 bits per heavy atom. The molecule has 0 bridgehead atoms. The smallest absolute Gasteiger partial charge is 0.407 e. The minimum Gasteiger partial charge on any atom is -0.490 e. The summed E-state index contributed by atoms with van der Waals surface area (Å²) in [7, 11) is 0. The number of ether oxygens (including phenoxy) is 2. The second-order valence-corrected chi connectivity index (χ2v) is 6.85. The van der Waals surface area contributed by atoms with Crippen molar-refractivity contribution in [3.63, 3.8) is 0 Å². The van der Waals surface area contributed by atoms with Crippen LogP contribution in [0.3, 0.4) is 0 Å². The van der Waals surface area contributed by atoms with Gasteiger partial charge in [0.05, 0.1) is 12.6 Å². The summed E-state index contributed by atoms with van der Waals surface area (Å²) in [5.41, 5.74) is 1.37. The third-order valence-corrected chi connectivity index (χ3v) is 3.51. The molecule has 1 heterocycles. The number of hydrogen-bond donors (Lipinski definition) is 3. The van der Waals surface area contributed by atoms with Crippen molar-refractivity contribution < 1.29 is 19.4 Å². The molecule has 136 valence electrons. The quantitative estimate of drug-likeness (QED) is 0.673. The summed E-state index contributed by atoms with van der Waals surface area (Å²) in [6.07, 6.45) is 3.50. The zero-order valence-corrected chi connectivity index (χ0v) is 15.0. The Morgan fingerprint density at radius 2 is 2.20 bits per heavy atom. The Bertz CT molecular complexity index is 731. The summed E-state index contributed by atoms with van der Waals surface area (Å²) >= 11 is 0. The molecule has 3 N–H and O–H groups in total. The highest BCUT2D eigenvalue weighted by Crippen LogP contribution is 2.25. The average molecular weight is 346 g/mol. The fourth-order valence-corrected chi connectivity index (χ4v) is 2.47. The number of aromatic nitrogens is 1. The number of nitrogens with one attached hydrogen (secondary N) is 2. The van der Waals surface area contributed by atoms with Gasteiger partial charge in [-0.2, -0.15) is 0 Å². The first-order chi connectivity index (χ1) is 11.8. The number of benzene rings is 1. The van der Waals surface area contributed by atoms with Crippen LogP contribution < -0.4 is 10.1 Å². The summed E-state index contributed by atoms with van der Waals surface area (Å²) in [5, 5.41) is 13.3. The third-order valence-electron chi connectivity index (χ3n) is 3.51. The molecule has 6 heteroatoms. The molecule has 2 aromatic rings. The molecule has 0 saturated heterocycles. The van der Waals surface area contributed by atoms with Gasteiger partial charge in [0.15, 0.2) is 0 Å². The Kier molecular flexibility index (Phi) is 6.09. The van der Waals surface area contributed by atoms with Gasteiger partial charge in [0.25, 0.3) is 0 Å². The van der Waals surface area contributed by atoms with Gasteiger partial charge in [-0.05, 0) is 51.0 Å². The fourth-order valence-electron chi connectivity index (χ4n) is 2.47. The van der Waals surface area contributed by atoms with Crippen LogP contribution in [0, 0.1) is 0 Å². The number of alkyl carbamates (subject to hydrolysis) is 1. The number of aliphatic hydroxyl groups is 1. The second kappa shape index (κ2) is 8.07. The number of hydrogen-bond acceptors (Lipinski definition) is 4. The number of carbonyl (C=O) groups is 1. The monoisotopic (exact) mass is 346 g/mol. The highest BCUT2D eigenvalue weighted by molar-refractivity contribution is 5.84. The molecule has 0 aliphatic rings. The highest BCUT2D eigenvalue weighted by atomic mass is 16.6. The zero-order chi connectivity index (χ0) is 18.4. The molecule has 0 fully saturated rings. The Hall–Kier alpha value is -2.47. The molecular formula is C19H26N2O4. The van der Waals surface area contributed by atoms with E-state index in [2.05, 4.69) is 16.9 Å². The number of fused-ring (bicyclic) bond motifs is 1. The maximum absolute atomic E-state index is 11.9. The minimum absolute atomic E-state index is 0.182. The van der Waals surface area contributed by atoms with Crippen molar-refractivity contribution in [1.82, 2.24) is 10.3 Å². The van der Waals surface area contributed by atoms with Crippen LogP contribution in [0.1, 0.15) is 26.3 Å². The molecule has 0 spiro atoms. The number of amides is 1. The first kappa shape index (κ1) is 18.9. The van der Waals surface area contributed by atoms with Gasteiger partial charge in [-0.15, -0.1) is 0 Å². The largest absolute Gasteiger partial charge is 0.490 e. The number of aromatic amines is 1. The van der Waals surface area contributed by atoms with Crippen LogP contribution in [0.5, 0.6) is 5.75 Å². The molecule has 1 aromatic heterocycles. The van der Waals surface area contributed by atoms with Gasteiger partial charge in [-0.3, -0.25) is 0 Å². The minimum atomic E-state index is -0.581. The molecule has 0 aliphatic carbocycles. The molecule has 2 rings (SSSR count). The van der Waals surface area contributed by atoms with Crippen LogP contribution in [0.25, 0.3) is 10.9 Å². The van der Waals surface area contributed by atoms with Gasteiger partial charge in [0.1, 0.15) is 18.0 Å². The van der Waals surface area contributed by atoms with E-state index in [0.29, 0.717) is 13.0 Å². The third kappa shape index (κ3) is 5.53. The van der Waals surface area contributed by atoms with Crippen LogP contribution >= 0.6 is 0 Å². The lowest BCUT2D eigenvalue weighted by Crippen LogP contribution is -2.42. The van der Waals surface area contributed by atoms with Gasteiger partial charge >= 0.3 is 6.09 Å². The summed E-state index contributed by atoms with van der Waals surface area (Å²) in [6, 6.07) is 5.32. The van der Waals surface area contributed by atoms with Crippen LogP contribution in [0.15, 0.2) is 37.1 Å². The Morgan fingerprint density at radius 3 is 2.84 bits per heavy atom. The van der Waals surface area contributed by atoms with E-state index in [0.717, 1.165) is 22.2 Å². The summed E-state index contributed by atoms with van der Waals surface area (Å²) in [6.45, 7) is 9.28. The van der Waals surface area contributed by atoms with Crippen LogP contribution in [-0.4, -0.2) is 41.0 Å². The van der Waals surface area contributed by atoms with Crippen LogP contribution in [-0.2, 0) is 11.2 Å². The lowest BCUT2D eigenvalue weighted by molar-refractivity contribution is 0.0483. The van der Waals surface area contributed by atoms with Crippen LogP contribution in [0.2, 0.25) is 0 Å². The zero-order valence-electron chi connectivity index (χ0n) is 15.0. The van der Waals surface area contributed by atoms with E-state index in [-0.39, 0.29) is 6.61 Å². The second-order valence-electron chi connectivity index (χ2n) is 6.85. The first-order valence-corrected chi connectivity index (χ1v) is 8.26. The molecule has 1 amide bonds. The van der Waals surface area contributed by atoms with Crippen molar-refractivity contribution in [3.8, 4) is 5.75 Å². The summed E-state index contributed by atoms with van der Waals surface area (Å²) < 4.78 is 10.8. The Labute approximate surface area is 147 Å². The molecule has 0 saturated carbocycles. The molecule has 0 radical (unpaired) electrons. The van der Waals surface area contributed by atoms with Crippen molar-refractivity contribution in [2.45, 2.75) is 38.8 Å². The van der Waals surface area contributed by atoms with Gasteiger partial charge in [0.2, 0.25) is 0 Å². The van der Waals surface area contributed by atoms with Crippen molar-refractivity contribution in [2.75, 3.05) is 13.2 Å². The summed E-state index contributed by atoms with van der Waals surface area (Å²) in [5.74, 6) is 0.744. The fraction of sp³-hybridized carbons (Fsp3) is 0.421. The molecule has 1 aromatic carbocycles. The van der Waals surface area contributed by atoms with E-state index in [1.54, 1.807) is 26.8 Å². The first-order valence-electron chi connectivity index (χ1n) is 8.26. The molecule has 6 nitrogen and oxygen atoms in total. The van der Waals surface area contributed by atoms with Gasteiger partial charge in [-0.25, -0.2) is 4.79 Å². The lowest BCUT2D eigenvalue weighted by Gasteiger charge is -2.22. The number of carbonyl (C=O) groups excluding carboxylic acids is 1. The van der Waals surface area contributed by atoms with Gasteiger partial charge in [0, 0.05) is 17.1 Å². The highest BCUT2D eigenvalue weighted by Gasteiger charge is 2.20. The molecule has 1 atom stereocenters. The normalized spacial score (nSPS) is 12.6. The standard InChI is InChI=1S/C19H26N2O4/c1-5-8-24-15-6-7-17-16(10-15)13(11-20-17)9-14(12-22)21-18(23)25-19(2,3)4/h5-7,10-11,14,20,22H,1,8-9,12H2,2-4H3,(H,21,23)/t14-/m0/s1. The Balaban J connectivity index is 2.11. The predicted octanol–water partition coefficient (Wildman–Crippen LogP) is 3.16. The molecular weight excluding hydrogens is 320 g/mol. The van der Waals surface area contributed by atoms with E-state index < -0.39 is 17.7 Å². The predicted molar refractivity (Wildman–Crippen MR) is 97.9 cm³/mol. The lowest BCUT2D eigenvalue weighted by atomic mass is 10.1. The van der Waals surface area contributed by atoms with E-state index in [4.69, 9.17) is 9.47 Å². The van der Waals surface area contributed by atoms with Crippen LogP contribution in [0.4, 0.5) is 4.79 Å². The van der Waals surface area contributed by atoms with E-state index >= 15 is 0 Å². The van der Waals surface area contributed by atoms with E-state index in [1.165, 1.54) is 0 Å². The molecule has 0 aliphatic heterocycles. The van der Waals surface area contributed by atoms with Crippen molar-refractivity contribution in [2.24, 2.45) is 0 Å². The topological polar surface area (TPSA) is 83.6 Å². The molecule has 25 heavy (non-hydrogen) atoms. The SMILES string of the molecule is C=CCOc1ccc2[nH]cc(C[C@@H](CO)NC(=O)OC(C)(C)C)c2c1. The summed E-state index contributed by atoms with van der Waals surface area (Å²) in [4.78, 5) is 15.1. The van der Waals surface area contributed by atoms with E-state index in [9.17, 15) is 9.90 Å². The average Bonchev–Trinajstić information content (AvgIpc) is 2.92. The number of H-pyrrole nitrogens is 1. The van der Waals surface area contributed by atoms with Crippen molar-refractivity contribution in [3.05, 3.63) is 42.6 Å². The maximum Gasteiger partial charge on any atom is 0.407 e.